The fraction of sp³-hybridized carbons (Fsp3) is 0.294. The summed E-state index contributed by atoms with van der Waals surface area (Å²) in [6.07, 6.45) is 0.519. The molecule has 1 N–H and O–H groups in total. The molecule has 2 atom stereocenters. The maximum Gasteiger partial charge on any atom is 0.163 e. The number of rotatable bonds is 3. The number of nitrogens with one attached hydrogen (secondary N) is 1. The Morgan fingerprint density at radius 3 is 2.76 bits per heavy atom. The predicted molar refractivity (Wildman–Crippen MR) is 77.0 cm³/mol. The molecular weight excluding hydrogens is 272 g/mol. The Bertz CT molecular complexity index is 644. The van der Waals surface area contributed by atoms with Gasteiger partial charge in [0.1, 0.15) is 6.10 Å². The molecule has 3 rings (SSSR count). The molecule has 110 valence electrons. The minimum Gasteiger partial charge on any atom is -0.371 e. The summed E-state index contributed by atoms with van der Waals surface area (Å²) in [6, 6.07) is 11.8. The highest BCUT2D eigenvalue weighted by Gasteiger charge is 2.31. The monoisotopic (exact) mass is 289 g/mol. The van der Waals surface area contributed by atoms with Gasteiger partial charge in [0.2, 0.25) is 0 Å². The van der Waals surface area contributed by atoms with E-state index in [2.05, 4.69) is 11.4 Å². The lowest BCUT2D eigenvalue weighted by molar-refractivity contribution is 0.0156. The molecule has 21 heavy (non-hydrogen) atoms. The van der Waals surface area contributed by atoms with Crippen molar-refractivity contribution >= 4 is 0 Å². The van der Waals surface area contributed by atoms with Crippen LogP contribution in [0, 0.1) is 11.6 Å². The van der Waals surface area contributed by atoms with Crippen LogP contribution in [0.4, 0.5) is 8.78 Å². The fourth-order valence-electron chi connectivity index (χ4n) is 2.93. The van der Waals surface area contributed by atoms with Crippen molar-refractivity contribution in [3.8, 4) is 0 Å². The molecule has 1 aliphatic heterocycles. The summed E-state index contributed by atoms with van der Waals surface area (Å²) in [5.41, 5.74) is 2.52. The van der Waals surface area contributed by atoms with Crippen LogP contribution in [0.2, 0.25) is 0 Å². The average Bonchev–Trinajstić information content (AvgIpc) is 2.52. The quantitative estimate of drug-likeness (QED) is 0.933. The molecule has 1 aliphatic rings. The van der Waals surface area contributed by atoms with Crippen LogP contribution in [0.3, 0.4) is 0 Å². The second kappa shape index (κ2) is 5.92. The number of hydrogen-bond acceptors (Lipinski definition) is 2. The van der Waals surface area contributed by atoms with E-state index in [0.29, 0.717) is 12.2 Å². The molecule has 0 spiro atoms. The van der Waals surface area contributed by atoms with Gasteiger partial charge in [0.25, 0.3) is 0 Å². The number of halogens is 2. The van der Waals surface area contributed by atoms with Crippen molar-refractivity contribution in [1.29, 1.82) is 0 Å². The molecule has 0 fully saturated rings. The average molecular weight is 289 g/mol. The second-order valence-electron chi connectivity index (χ2n) is 5.15. The highest BCUT2D eigenvalue weighted by atomic mass is 19.2. The first-order chi connectivity index (χ1) is 10.2. The Labute approximate surface area is 122 Å². The normalized spacial score (nSPS) is 19.1. The smallest absolute Gasteiger partial charge is 0.163 e. The van der Waals surface area contributed by atoms with Gasteiger partial charge in [-0.05, 0) is 30.7 Å². The maximum absolute atomic E-state index is 14.1. The Kier molecular flexibility index (Phi) is 3.99. The molecule has 2 unspecified atom stereocenters. The van der Waals surface area contributed by atoms with Crippen LogP contribution in [0.5, 0.6) is 0 Å². The summed E-state index contributed by atoms with van der Waals surface area (Å²) in [5, 5.41) is 3.07. The summed E-state index contributed by atoms with van der Waals surface area (Å²) in [5.74, 6) is -1.65. The van der Waals surface area contributed by atoms with Gasteiger partial charge in [-0.15, -0.1) is 0 Å². The van der Waals surface area contributed by atoms with E-state index in [-0.39, 0.29) is 6.10 Å². The summed E-state index contributed by atoms with van der Waals surface area (Å²) < 4.78 is 33.4. The Hall–Kier alpha value is -1.78. The van der Waals surface area contributed by atoms with Gasteiger partial charge >= 0.3 is 0 Å². The SMILES string of the molecule is CNC(c1cccc(F)c1F)C1OCCc2ccccc21. The van der Waals surface area contributed by atoms with E-state index in [1.165, 1.54) is 11.6 Å². The first kappa shape index (κ1) is 14.2. The van der Waals surface area contributed by atoms with E-state index < -0.39 is 17.7 Å². The van der Waals surface area contributed by atoms with Crippen molar-refractivity contribution in [2.24, 2.45) is 0 Å². The third kappa shape index (κ3) is 2.57. The number of fused-ring (bicyclic) bond motifs is 1. The number of benzene rings is 2. The lowest BCUT2D eigenvalue weighted by atomic mass is 9.89. The van der Waals surface area contributed by atoms with Gasteiger partial charge in [-0.25, -0.2) is 8.78 Å². The van der Waals surface area contributed by atoms with Crippen LogP contribution >= 0.6 is 0 Å². The number of likely N-dealkylation sites (N-methyl/N-ethyl adjacent to an activating group) is 1. The van der Waals surface area contributed by atoms with E-state index in [1.54, 1.807) is 13.1 Å². The van der Waals surface area contributed by atoms with Crippen molar-refractivity contribution in [2.45, 2.75) is 18.6 Å². The van der Waals surface area contributed by atoms with E-state index in [4.69, 9.17) is 4.74 Å². The molecule has 1 heterocycles. The predicted octanol–water partition coefficient (Wildman–Crippen LogP) is 3.54. The van der Waals surface area contributed by atoms with Gasteiger partial charge in [0, 0.05) is 5.56 Å². The van der Waals surface area contributed by atoms with E-state index in [1.807, 2.05) is 18.2 Å². The van der Waals surface area contributed by atoms with E-state index >= 15 is 0 Å². The van der Waals surface area contributed by atoms with Gasteiger partial charge < -0.3 is 10.1 Å². The zero-order valence-corrected chi connectivity index (χ0v) is 11.8. The van der Waals surface area contributed by atoms with Crippen LogP contribution < -0.4 is 5.32 Å². The summed E-state index contributed by atoms with van der Waals surface area (Å²) in [7, 11) is 1.73. The number of ether oxygens (including phenoxy) is 1. The van der Waals surface area contributed by atoms with Crippen LogP contribution in [0.25, 0.3) is 0 Å². The molecule has 0 aliphatic carbocycles. The van der Waals surface area contributed by atoms with E-state index in [0.717, 1.165) is 18.1 Å². The molecule has 0 saturated heterocycles. The lowest BCUT2D eigenvalue weighted by Gasteiger charge is -2.32. The van der Waals surface area contributed by atoms with Gasteiger partial charge in [0.05, 0.1) is 12.6 Å². The Morgan fingerprint density at radius 1 is 1.14 bits per heavy atom. The molecule has 0 radical (unpaired) electrons. The van der Waals surface area contributed by atoms with Crippen LogP contribution in [0.1, 0.15) is 28.8 Å². The maximum atomic E-state index is 14.1. The lowest BCUT2D eigenvalue weighted by Crippen LogP contribution is -2.30. The zero-order valence-electron chi connectivity index (χ0n) is 11.8. The van der Waals surface area contributed by atoms with Gasteiger partial charge in [-0.3, -0.25) is 0 Å². The van der Waals surface area contributed by atoms with Crippen molar-refractivity contribution in [3.05, 3.63) is 70.8 Å². The largest absolute Gasteiger partial charge is 0.371 e. The molecule has 0 amide bonds. The summed E-state index contributed by atoms with van der Waals surface area (Å²) in [4.78, 5) is 0. The molecule has 2 aromatic rings. The third-order valence-corrected chi connectivity index (χ3v) is 3.96. The molecule has 0 bridgehead atoms. The van der Waals surface area contributed by atoms with Crippen molar-refractivity contribution < 1.29 is 13.5 Å². The van der Waals surface area contributed by atoms with Crippen molar-refractivity contribution in [1.82, 2.24) is 5.32 Å². The zero-order chi connectivity index (χ0) is 14.8. The molecule has 2 aromatic carbocycles. The Morgan fingerprint density at radius 2 is 1.95 bits per heavy atom. The third-order valence-electron chi connectivity index (χ3n) is 3.96. The van der Waals surface area contributed by atoms with Crippen molar-refractivity contribution in [3.63, 3.8) is 0 Å². The van der Waals surface area contributed by atoms with Crippen LogP contribution in [-0.4, -0.2) is 13.7 Å². The molecule has 2 nitrogen and oxygen atoms in total. The summed E-state index contributed by atoms with van der Waals surface area (Å²) in [6.45, 7) is 0.580. The first-order valence-corrected chi connectivity index (χ1v) is 7.03. The molecule has 0 aromatic heterocycles. The Balaban J connectivity index is 2.04. The minimum absolute atomic E-state index is 0.291. The molecular formula is C17H17F2NO. The van der Waals surface area contributed by atoms with Gasteiger partial charge in [-0.1, -0.05) is 36.4 Å². The van der Waals surface area contributed by atoms with Gasteiger partial charge in [-0.2, -0.15) is 0 Å². The van der Waals surface area contributed by atoms with Crippen LogP contribution in [0.15, 0.2) is 42.5 Å². The minimum atomic E-state index is -0.836. The standard InChI is InChI=1S/C17H17F2NO/c1-20-16(13-7-4-8-14(18)15(13)19)17-12-6-3-2-5-11(12)9-10-21-17/h2-8,16-17,20H,9-10H2,1H3. The highest BCUT2D eigenvalue weighted by molar-refractivity contribution is 5.35. The summed E-state index contributed by atoms with van der Waals surface area (Å²) >= 11 is 0. The van der Waals surface area contributed by atoms with Crippen LogP contribution in [-0.2, 0) is 11.2 Å². The van der Waals surface area contributed by atoms with E-state index in [9.17, 15) is 8.78 Å². The first-order valence-electron chi connectivity index (χ1n) is 7.03. The molecule has 0 saturated carbocycles. The topological polar surface area (TPSA) is 21.3 Å². The van der Waals surface area contributed by atoms with Crippen molar-refractivity contribution in [2.75, 3.05) is 13.7 Å². The fourth-order valence-corrected chi connectivity index (χ4v) is 2.93. The van der Waals surface area contributed by atoms with Gasteiger partial charge in [0.15, 0.2) is 11.6 Å². The second-order valence-corrected chi connectivity index (χ2v) is 5.15. The molecule has 4 heteroatoms. The number of hydrogen-bond donors (Lipinski definition) is 1. The highest BCUT2D eigenvalue weighted by Crippen LogP contribution is 2.37.